The number of H-pyrrole nitrogens is 1. The van der Waals surface area contributed by atoms with E-state index < -0.39 is 0 Å². The van der Waals surface area contributed by atoms with Crippen molar-refractivity contribution in [3.63, 3.8) is 0 Å². The van der Waals surface area contributed by atoms with Gasteiger partial charge in [-0.1, -0.05) is 36.4 Å². The summed E-state index contributed by atoms with van der Waals surface area (Å²) in [4.78, 5) is 7.84. The van der Waals surface area contributed by atoms with E-state index in [1.165, 1.54) is 5.56 Å². The van der Waals surface area contributed by atoms with E-state index in [2.05, 4.69) is 46.5 Å². The molecule has 1 heterocycles. The molecule has 124 valence electrons. The lowest BCUT2D eigenvalue weighted by atomic mass is 10.2. The van der Waals surface area contributed by atoms with Gasteiger partial charge in [0.05, 0.1) is 11.0 Å². The number of fused-ring (bicyclic) bond motifs is 1. The van der Waals surface area contributed by atoms with Crippen LogP contribution in [0.1, 0.15) is 11.1 Å². The van der Waals surface area contributed by atoms with E-state index in [9.17, 15) is 0 Å². The van der Waals surface area contributed by atoms with Crippen molar-refractivity contribution in [3.8, 4) is 5.75 Å². The van der Waals surface area contributed by atoms with Crippen LogP contribution in [-0.2, 0) is 6.61 Å². The summed E-state index contributed by atoms with van der Waals surface area (Å²) in [6.07, 6.45) is 0. The second-order valence-corrected chi connectivity index (χ2v) is 6.03. The third-order valence-electron chi connectivity index (χ3n) is 4.00. The maximum absolute atomic E-state index is 5.81. The summed E-state index contributed by atoms with van der Waals surface area (Å²) in [5, 5.41) is 3.29. The second kappa shape index (κ2) is 6.69. The zero-order valence-electron chi connectivity index (χ0n) is 14.0. The number of anilines is 2. The van der Waals surface area contributed by atoms with Gasteiger partial charge in [-0.3, -0.25) is 0 Å². The first-order valence-electron chi connectivity index (χ1n) is 8.26. The van der Waals surface area contributed by atoms with Crippen molar-refractivity contribution < 1.29 is 4.74 Å². The molecule has 0 spiro atoms. The van der Waals surface area contributed by atoms with Crippen molar-refractivity contribution in [2.45, 2.75) is 13.5 Å². The Bertz CT molecular complexity index is 975. The van der Waals surface area contributed by atoms with E-state index in [1.807, 2.05) is 48.5 Å². The lowest BCUT2D eigenvalue weighted by Crippen LogP contribution is -1.96. The zero-order chi connectivity index (χ0) is 17.1. The predicted octanol–water partition coefficient (Wildman–Crippen LogP) is 5.19. The Balaban J connectivity index is 1.42. The van der Waals surface area contributed by atoms with Crippen molar-refractivity contribution in [2.75, 3.05) is 5.32 Å². The van der Waals surface area contributed by atoms with Gasteiger partial charge in [0.25, 0.3) is 0 Å². The fraction of sp³-hybridized carbons (Fsp3) is 0.0952. The minimum Gasteiger partial charge on any atom is -0.489 e. The summed E-state index contributed by atoms with van der Waals surface area (Å²) < 4.78 is 5.81. The summed E-state index contributed by atoms with van der Waals surface area (Å²) in [5.41, 5.74) is 5.31. The van der Waals surface area contributed by atoms with Crippen LogP contribution in [0.5, 0.6) is 5.75 Å². The van der Waals surface area contributed by atoms with Gasteiger partial charge in [0.15, 0.2) is 0 Å². The highest BCUT2D eigenvalue weighted by molar-refractivity contribution is 5.79. The van der Waals surface area contributed by atoms with Gasteiger partial charge in [0.1, 0.15) is 12.4 Å². The first-order valence-corrected chi connectivity index (χ1v) is 8.26. The maximum atomic E-state index is 5.81. The van der Waals surface area contributed by atoms with Crippen LogP contribution in [0.3, 0.4) is 0 Å². The van der Waals surface area contributed by atoms with Crippen molar-refractivity contribution in [3.05, 3.63) is 83.9 Å². The summed E-state index contributed by atoms with van der Waals surface area (Å²) in [5.74, 6) is 1.58. The number of rotatable bonds is 5. The second-order valence-electron chi connectivity index (χ2n) is 6.03. The molecule has 0 aliphatic carbocycles. The Kier molecular flexibility index (Phi) is 4.09. The van der Waals surface area contributed by atoms with Crippen LogP contribution < -0.4 is 10.1 Å². The van der Waals surface area contributed by atoms with E-state index in [0.717, 1.165) is 34.0 Å². The van der Waals surface area contributed by atoms with E-state index in [4.69, 9.17) is 4.74 Å². The number of nitrogens with one attached hydrogen (secondary N) is 2. The lowest BCUT2D eigenvalue weighted by molar-refractivity contribution is 0.306. The molecular weight excluding hydrogens is 310 g/mol. The Hall–Kier alpha value is -3.27. The van der Waals surface area contributed by atoms with E-state index in [0.29, 0.717) is 6.61 Å². The summed E-state index contributed by atoms with van der Waals surface area (Å²) in [6.45, 7) is 2.64. The van der Waals surface area contributed by atoms with Crippen molar-refractivity contribution >= 4 is 22.7 Å². The molecule has 0 bridgehead atoms. The molecule has 25 heavy (non-hydrogen) atoms. The maximum Gasteiger partial charge on any atom is 0.205 e. The molecule has 0 unspecified atom stereocenters. The van der Waals surface area contributed by atoms with E-state index in [-0.39, 0.29) is 0 Å². The lowest BCUT2D eigenvalue weighted by Gasteiger charge is -2.08. The number of aryl methyl sites for hydroxylation is 1. The highest BCUT2D eigenvalue weighted by atomic mass is 16.5. The minimum atomic E-state index is 0.566. The molecule has 4 aromatic rings. The van der Waals surface area contributed by atoms with Crippen molar-refractivity contribution in [1.82, 2.24) is 9.97 Å². The smallest absolute Gasteiger partial charge is 0.205 e. The van der Waals surface area contributed by atoms with Crippen LogP contribution in [0.4, 0.5) is 11.6 Å². The molecule has 2 N–H and O–H groups in total. The SMILES string of the molecule is Cc1ccc2nc(Nc3ccc(OCc4ccccc4)cc3)[nH]c2c1. The van der Waals surface area contributed by atoms with E-state index >= 15 is 0 Å². The number of aromatic amines is 1. The Morgan fingerprint density at radius 2 is 1.76 bits per heavy atom. The Morgan fingerprint density at radius 3 is 2.56 bits per heavy atom. The molecule has 0 saturated heterocycles. The van der Waals surface area contributed by atoms with Gasteiger partial charge in [-0.05, 0) is 54.4 Å². The van der Waals surface area contributed by atoms with Crippen LogP contribution in [-0.4, -0.2) is 9.97 Å². The van der Waals surface area contributed by atoms with Crippen LogP contribution in [0.25, 0.3) is 11.0 Å². The highest BCUT2D eigenvalue weighted by Crippen LogP contribution is 2.22. The van der Waals surface area contributed by atoms with Crippen molar-refractivity contribution in [2.24, 2.45) is 0 Å². The van der Waals surface area contributed by atoms with Crippen LogP contribution >= 0.6 is 0 Å². The average Bonchev–Trinajstić information content (AvgIpc) is 3.03. The Morgan fingerprint density at radius 1 is 0.960 bits per heavy atom. The number of hydrogen-bond donors (Lipinski definition) is 2. The van der Waals surface area contributed by atoms with Crippen molar-refractivity contribution in [1.29, 1.82) is 0 Å². The normalized spacial score (nSPS) is 10.8. The quantitative estimate of drug-likeness (QED) is 0.529. The molecule has 4 rings (SSSR count). The number of benzene rings is 3. The van der Waals surface area contributed by atoms with Gasteiger partial charge in [0.2, 0.25) is 5.95 Å². The molecule has 4 heteroatoms. The molecule has 0 amide bonds. The molecule has 1 aromatic heterocycles. The average molecular weight is 329 g/mol. The van der Waals surface area contributed by atoms with Gasteiger partial charge >= 0.3 is 0 Å². The molecule has 0 saturated carbocycles. The van der Waals surface area contributed by atoms with Gasteiger partial charge < -0.3 is 15.0 Å². The monoisotopic (exact) mass is 329 g/mol. The summed E-state index contributed by atoms with van der Waals surface area (Å²) in [7, 11) is 0. The van der Waals surface area contributed by atoms with Gasteiger partial charge in [-0.2, -0.15) is 0 Å². The van der Waals surface area contributed by atoms with Gasteiger partial charge in [-0.25, -0.2) is 4.98 Å². The minimum absolute atomic E-state index is 0.566. The molecule has 0 radical (unpaired) electrons. The summed E-state index contributed by atoms with van der Waals surface area (Å²) >= 11 is 0. The highest BCUT2D eigenvalue weighted by Gasteiger charge is 2.03. The molecule has 0 aliphatic heterocycles. The number of ether oxygens (including phenoxy) is 1. The largest absolute Gasteiger partial charge is 0.489 e. The van der Waals surface area contributed by atoms with Gasteiger partial charge in [0, 0.05) is 5.69 Å². The first-order chi connectivity index (χ1) is 12.3. The fourth-order valence-electron chi connectivity index (χ4n) is 2.69. The molecule has 0 aliphatic rings. The topological polar surface area (TPSA) is 49.9 Å². The third kappa shape index (κ3) is 3.63. The number of hydrogen-bond acceptors (Lipinski definition) is 3. The molecule has 4 nitrogen and oxygen atoms in total. The number of imidazole rings is 1. The Labute approximate surface area is 146 Å². The van der Waals surface area contributed by atoms with Gasteiger partial charge in [-0.15, -0.1) is 0 Å². The number of aromatic nitrogens is 2. The molecular formula is C21H19N3O. The van der Waals surface area contributed by atoms with Crippen LogP contribution in [0.15, 0.2) is 72.8 Å². The zero-order valence-corrected chi connectivity index (χ0v) is 14.0. The predicted molar refractivity (Wildman–Crippen MR) is 101 cm³/mol. The third-order valence-corrected chi connectivity index (χ3v) is 4.00. The standard InChI is InChI=1S/C21H19N3O/c1-15-7-12-19-20(13-15)24-21(23-19)22-17-8-10-18(11-9-17)25-14-16-5-3-2-4-6-16/h2-13H,14H2,1H3,(H2,22,23,24). The van der Waals surface area contributed by atoms with Crippen LogP contribution in [0, 0.1) is 6.92 Å². The fourth-order valence-corrected chi connectivity index (χ4v) is 2.69. The first kappa shape index (κ1) is 15.3. The summed E-state index contributed by atoms with van der Waals surface area (Å²) in [6, 6.07) is 24.2. The molecule has 0 atom stereocenters. The number of nitrogens with zero attached hydrogens (tertiary/aromatic N) is 1. The molecule has 0 fully saturated rings. The molecule has 3 aromatic carbocycles. The van der Waals surface area contributed by atoms with Crippen LogP contribution in [0.2, 0.25) is 0 Å². The van der Waals surface area contributed by atoms with E-state index in [1.54, 1.807) is 0 Å².